The van der Waals surface area contributed by atoms with Crippen molar-refractivity contribution in [2.45, 2.75) is 33.2 Å². The molecule has 1 rings (SSSR count). The van der Waals surface area contributed by atoms with Crippen molar-refractivity contribution in [1.82, 2.24) is 4.90 Å². The molecule has 1 amide bonds. The maximum absolute atomic E-state index is 13.5. The van der Waals surface area contributed by atoms with E-state index in [2.05, 4.69) is 0 Å². The third kappa shape index (κ3) is 3.51. The fraction of sp³-hybridized carbons (Fsp3) is 0.500. The first kappa shape index (κ1) is 17.4. The van der Waals surface area contributed by atoms with Crippen LogP contribution < -0.4 is 0 Å². The molecule has 0 spiro atoms. The molecule has 0 unspecified atom stereocenters. The lowest BCUT2D eigenvalue weighted by Crippen LogP contribution is -2.47. The van der Waals surface area contributed by atoms with Crippen molar-refractivity contribution in [2.75, 3.05) is 7.05 Å². The zero-order chi connectivity index (χ0) is 16.6. The fourth-order valence-corrected chi connectivity index (χ4v) is 1.72. The van der Waals surface area contributed by atoms with Gasteiger partial charge in [0.15, 0.2) is 11.6 Å². The molecular weight excluding hydrogens is 293 g/mol. The van der Waals surface area contributed by atoms with Gasteiger partial charge in [-0.2, -0.15) is 0 Å². The minimum Gasteiger partial charge on any atom is -0.341 e. The molecule has 7 heteroatoms. The number of hydrogen-bond donors (Lipinski definition) is 0. The number of halogens is 5. The van der Waals surface area contributed by atoms with Gasteiger partial charge in [0.2, 0.25) is 5.91 Å². The SMILES string of the molecule is CN(Cc1cc(F)cc(F)c1F)C(=O)C(C)(C)C(C)(F)F. The van der Waals surface area contributed by atoms with E-state index in [4.69, 9.17) is 0 Å². The number of carbonyl (C=O) groups is 1. The van der Waals surface area contributed by atoms with Gasteiger partial charge in [-0.25, -0.2) is 22.0 Å². The lowest BCUT2D eigenvalue weighted by Gasteiger charge is -2.33. The summed E-state index contributed by atoms with van der Waals surface area (Å²) in [4.78, 5) is 12.8. The lowest BCUT2D eigenvalue weighted by atomic mass is 9.85. The summed E-state index contributed by atoms with van der Waals surface area (Å²) in [7, 11) is 1.16. The van der Waals surface area contributed by atoms with Crippen molar-refractivity contribution in [3.63, 3.8) is 0 Å². The van der Waals surface area contributed by atoms with Crippen LogP contribution in [-0.2, 0) is 11.3 Å². The lowest BCUT2D eigenvalue weighted by molar-refractivity contribution is -0.161. The average molecular weight is 309 g/mol. The van der Waals surface area contributed by atoms with E-state index in [0.717, 1.165) is 31.9 Å². The Bertz CT molecular complexity index is 551. The van der Waals surface area contributed by atoms with Crippen molar-refractivity contribution in [3.8, 4) is 0 Å². The molecule has 0 saturated carbocycles. The Balaban J connectivity index is 3.02. The second kappa shape index (κ2) is 5.61. The summed E-state index contributed by atoms with van der Waals surface area (Å²) in [6, 6.07) is 1.09. The van der Waals surface area contributed by atoms with E-state index < -0.39 is 46.8 Å². The summed E-state index contributed by atoms with van der Waals surface area (Å²) < 4.78 is 66.5. The monoisotopic (exact) mass is 309 g/mol. The summed E-state index contributed by atoms with van der Waals surface area (Å²) in [6.07, 6.45) is 0. The third-order valence-corrected chi connectivity index (χ3v) is 3.45. The van der Waals surface area contributed by atoms with Crippen LogP contribution >= 0.6 is 0 Å². The van der Waals surface area contributed by atoms with Crippen LogP contribution in [0.25, 0.3) is 0 Å². The maximum Gasteiger partial charge on any atom is 0.259 e. The van der Waals surface area contributed by atoms with E-state index in [0.29, 0.717) is 13.0 Å². The molecule has 0 atom stereocenters. The van der Waals surface area contributed by atoms with Gasteiger partial charge in [-0.1, -0.05) is 0 Å². The number of alkyl halides is 2. The third-order valence-electron chi connectivity index (χ3n) is 3.45. The number of hydrogen-bond acceptors (Lipinski definition) is 1. The molecule has 2 nitrogen and oxygen atoms in total. The number of nitrogens with zero attached hydrogens (tertiary/aromatic N) is 1. The highest BCUT2D eigenvalue weighted by Crippen LogP contribution is 2.37. The van der Waals surface area contributed by atoms with Crippen molar-refractivity contribution in [3.05, 3.63) is 35.1 Å². The summed E-state index contributed by atoms with van der Waals surface area (Å²) in [5, 5.41) is 0. The van der Waals surface area contributed by atoms with Gasteiger partial charge in [0.05, 0.1) is 0 Å². The zero-order valence-corrected chi connectivity index (χ0v) is 12.1. The van der Waals surface area contributed by atoms with E-state index >= 15 is 0 Å². The van der Waals surface area contributed by atoms with Gasteiger partial charge in [0.1, 0.15) is 11.2 Å². The molecule has 1 aromatic carbocycles. The smallest absolute Gasteiger partial charge is 0.259 e. The van der Waals surface area contributed by atoms with E-state index in [1.54, 1.807) is 0 Å². The largest absolute Gasteiger partial charge is 0.341 e. The second-order valence-corrected chi connectivity index (χ2v) is 5.54. The topological polar surface area (TPSA) is 20.3 Å². The molecular formula is C14H16F5NO. The molecule has 0 fully saturated rings. The van der Waals surface area contributed by atoms with E-state index in [-0.39, 0.29) is 0 Å². The first-order valence-corrected chi connectivity index (χ1v) is 6.14. The summed E-state index contributed by atoms with van der Waals surface area (Å²) in [5.41, 5.74) is -2.44. The van der Waals surface area contributed by atoms with Crippen molar-refractivity contribution >= 4 is 5.91 Å². The molecule has 118 valence electrons. The Morgan fingerprint density at radius 3 is 2.14 bits per heavy atom. The van der Waals surface area contributed by atoms with Gasteiger partial charge in [0.25, 0.3) is 5.92 Å². The predicted octanol–water partition coefficient (Wildman–Crippen LogP) is 3.74. The van der Waals surface area contributed by atoms with Gasteiger partial charge in [0, 0.05) is 32.1 Å². The molecule has 21 heavy (non-hydrogen) atoms. The number of rotatable bonds is 4. The normalized spacial score (nSPS) is 12.4. The van der Waals surface area contributed by atoms with E-state index in [1.165, 1.54) is 0 Å². The van der Waals surface area contributed by atoms with Gasteiger partial charge in [-0.05, 0) is 19.9 Å². The predicted molar refractivity (Wildman–Crippen MR) is 67.2 cm³/mol. The molecule has 0 radical (unpaired) electrons. The van der Waals surface area contributed by atoms with Gasteiger partial charge in [-0.15, -0.1) is 0 Å². The molecule has 1 aromatic rings. The minimum atomic E-state index is -3.30. The van der Waals surface area contributed by atoms with Crippen LogP contribution in [0.3, 0.4) is 0 Å². The summed E-state index contributed by atoms with van der Waals surface area (Å²) in [5.74, 6) is -7.98. The van der Waals surface area contributed by atoms with Crippen LogP contribution in [0.4, 0.5) is 22.0 Å². The standard InChI is InChI=1S/C14H16F5NO/c1-13(2,14(3,18)19)12(21)20(4)7-8-5-9(15)6-10(16)11(8)17/h5-6H,7H2,1-4H3. The second-order valence-electron chi connectivity index (χ2n) is 5.54. The summed E-state index contributed by atoms with van der Waals surface area (Å²) >= 11 is 0. The molecule has 0 N–H and O–H groups in total. The number of carbonyl (C=O) groups excluding carboxylic acids is 1. The molecule has 0 aromatic heterocycles. The zero-order valence-electron chi connectivity index (χ0n) is 12.1. The van der Waals surface area contributed by atoms with Crippen molar-refractivity contribution < 1.29 is 26.7 Å². The first-order valence-electron chi connectivity index (χ1n) is 6.14. The van der Waals surface area contributed by atoms with Crippen LogP contribution in [0.15, 0.2) is 12.1 Å². The van der Waals surface area contributed by atoms with Crippen molar-refractivity contribution in [2.24, 2.45) is 5.41 Å². The molecule has 0 aliphatic carbocycles. The van der Waals surface area contributed by atoms with Gasteiger partial charge >= 0.3 is 0 Å². The molecule has 0 bridgehead atoms. The Labute approximate surface area is 119 Å². The van der Waals surface area contributed by atoms with Crippen LogP contribution in [0, 0.1) is 22.9 Å². The quantitative estimate of drug-likeness (QED) is 0.613. The number of benzene rings is 1. The highest BCUT2D eigenvalue weighted by Gasteiger charge is 2.49. The molecule has 0 saturated heterocycles. The fourth-order valence-electron chi connectivity index (χ4n) is 1.72. The summed E-state index contributed by atoms with van der Waals surface area (Å²) in [6.45, 7) is 2.18. The highest BCUT2D eigenvalue weighted by molar-refractivity contribution is 5.82. The van der Waals surface area contributed by atoms with Gasteiger partial charge < -0.3 is 4.90 Å². The maximum atomic E-state index is 13.5. The van der Waals surface area contributed by atoms with Crippen LogP contribution in [-0.4, -0.2) is 23.8 Å². The average Bonchev–Trinajstić information content (AvgIpc) is 2.32. The molecule has 0 aliphatic rings. The van der Waals surface area contributed by atoms with Crippen molar-refractivity contribution in [1.29, 1.82) is 0 Å². The Hall–Kier alpha value is -1.66. The van der Waals surface area contributed by atoms with Crippen LogP contribution in [0.2, 0.25) is 0 Å². The Kier molecular flexibility index (Phi) is 4.65. The molecule has 0 heterocycles. The van der Waals surface area contributed by atoms with E-state index in [1.807, 2.05) is 0 Å². The van der Waals surface area contributed by atoms with Crippen LogP contribution in [0.5, 0.6) is 0 Å². The Morgan fingerprint density at radius 2 is 1.67 bits per heavy atom. The minimum absolute atomic E-state index is 0.366. The number of amides is 1. The first-order chi connectivity index (χ1) is 9.37. The highest BCUT2D eigenvalue weighted by atomic mass is 19.3. The Morgan fingerprint density at radius 1 is 1.14 bits per heavy atom. The van der Waals surface area contributed by atoms with E-state index in [9.17, 15) is 26.7 Å². The van der Waals surface area contributed by atoms with Gasteiger partial charge in [-0.3, -0.25) is 4.79 Å². The molecule has 0 aliphatic heterocycles. The van der Waals surface area contributed by atoms with Crippen LogP contribution in [0.1, 0.15) is 26.3 Å².